The summed E-state index contributed by atoms with van der Waals surface area (Å²) in [4.78, 5) is 11.8. The Kier molecular flexibility index (Phi) is 7.11. The summed E-state index contributed by atoms with van der Waals surface area (Å²) < 4.78 is 6.31. The number of nitrogens with one attached hydrogen (secondary N) is 3. The molecule has 0 aliphatic heterocycles. The monoisotopic (exact) mass is 399 g/mol. The molecule has 126 valence electrons. The van der Waals surface area contributed by atoms with E-state index in [4.69, 9.17) is 17.0 Å². The van der Waals surface area contributed by atoms with Crippen LogP contribution in [-0.4, -0.2) is 23.7 Å². The molecule has 0 aromatic heterocycles. The first kappa shape index (κ1) is 18.0. The van der Waals surface area contributed by atoms with E-state index in [9.17, 15) is 4.79 Å². The Bertz CT molecular complexity index is 556. The zero-order valence-corrected chi connectivity index (χ0v) is 15.5. The zero-order valence-electron chi connectivity index (χ0n) is 13.1. The Morgan fingerprint density at radius 3 is 2.87 bits per heavy atom. The van der Waals surface area contributed by atoms with E-state index in [1.807, 2.05) is 12.1 Å². The van der Waals surface area contributed by atoms with E-state index in [0.717, 1.165) is 10.9 Å². The first-order chi connectivity index (χ1) is 11.0. The Balaban J connectivity index is 1.66. The van der Waals surface area contributed by atoms with Crippen molar-refractivity contribution in [2.45, 2.75) is 38.6 Å². The van der Waals surface area contributed by atoms with Crippen molar-refractivity contribution in [3.8, 4) is 5.75 Å². The van der Waals surface area contributed by atoms with E-state index in [1.165, 1.54) is 19.3 Å². The van der Waals surface area contributed by atoms with Gasteiger partial charge in [0, 0.05) is 10.5 Å². The summed E-state index contributed by atoms with van der Waals surface area (Å²) in [6.07, 6.45) is 4.83. The summed E-state index contributed by atoms with van der Waals surface area (Å²) in [6, 6.07) is 7.71. The van der Waals surface area contributed by atoms with Gasteiger partial charge in [-0.25, -0.2) is 0 Å². The topological polar surface area (TPSA) is 62.4 Å². The van der Waals surface area contributed by atoms with Crippen LogP contribution in [0.3, 0.4) is 0 Å². The van der Waals surface area contributed by atoms with E-state index in [2.05, 4.69) is 39.0 Å². The maximum Gasteiger partial charge on any atom is 0.276 e. The lowest BCUT2D eigenvalue weighted by molar-refractivity contribution is -0.123. The first-order valence-electron chi connectivity index (χ1n) is 7.78. The van der Waals surface area contributed by atoms with Gasteiger partial charge in [0.2, 0.25) is 0 Å². The normalized spacial score (nSPS) is 20.4. The predicted molar refractivity (Wildman–Crippen MR) is 98.1 cm³/mol. The highest BCUT2D eigenvalue weighted by atomic mass is 79.9. The zero-order chi connectivity index (χ0) is 16.7. The molecule has 2 atom stereocenters. The van der Waals surface area contributed by atoms with E-state index < -0.39 is 0 Å². The number of halogens is 1. The van der Waals surface area contributed by atoms with Gasteiger partial charge >= 0.3 is 0 Å². The number of hydrogen-bond donors (Lipinski definition) is 3. The largest absolute Gasteiger partial charge is 0.484 e. The molecule has 1 amide bonds. The van der Waals surface area contributed by atoms with Gasteiger partial charge < -0.3 is 10.1 Å². The summed E-state index contributed by atoms with van der Waals surface area (Å²) >= 11 is 8.57. The molecule has 1 aromatic rings. The number of hydrazine groups is 1. The minimum absolute atomic E-state index is 0.0775. The van der Waals surface area contributed by atoms with E-state index >= 15 is 0 Å². The molecule has 0 bridgehead atoms. The van der Waals surface area contributed by atoms with Gasteiger partial charge in [-0.2, -0.15) is 0 Å². The van der Waals surface area contributed by atoms with Crippen LogP contribution in [0.2, 0.25) is 0 Å². The molecule has 0 saturated heterocycles. The third kappa shape index (κ3) is 6.35. The van der Waals surface area contributed by atoms with Crippen molar-refractivity contribution in [1.82, 2.24) is 16.2 Å². The van der Waals surface area contributed by atoms with Gasteiger partial charge in [0.1, 0.15) is 5.75 Å². The Labute approximate surface area is 150 Å². The number of thiocarbonyl (C=S) groups is 1. The molecule has 2 rings (SSSR count). The van der Waals surface area contributed by atoms with Crippen molar-refractivity contribution in [1.29, 1.82) is 0 Å². The van der Waals surface area contributed by atoms with E-state index in [1.54, 1.807) is 12.1 Å². The molecular formula is C16H22BrN3O2S. The molecule has 1 saturated carbocycles. The Hall–Kier alpha value is -1.34. The number of amides is 1. The summed E-state index contributed by atoms with van der Waals surface area (Å²) in [5.74, 6) is 0.941. The third-order valence-corrected chi connectivity index (χ3v) is 4.62. The highest BCUT2D eigenvalue weighted by Gasteiger charge is 2.21. The number of benzene rings is 1. The molecule has 1 fully saturated rings. The van der Waals surface area contributed by atoms with Gasteiger partial charge in [-0.1, -0.05) is 41.8 Å². The van der Waals surface area contributed by atoms with Crippen molar-refractivity contribution in [3.63, 3.8) is 0 Å². The molecule has 0 unspecified atom stereocenters. The van der Waals surface area contributed by atoms with Gasteiger partial charge in [0.25, 0.3) is 5.91 Å². The molecule has 0 spiro atoms. The lowest BCUT2D eigenvalue weighted by atomic mass is 9.86. The average Bonchev–Trinajstić information content (AvgIpc) is 2.53. The van der Waals surface area contributed by atoms with Crippen molar-refractivity contribution < 1.29 is 9.53 Å². The van der Waals surface area contributed by atoms with Crippen LogP contribution in [0.1, 0.15) is 32.6 Å². The molecule has 7 heteroatoms. The molecule has 0 heterocycles. The molecule has 5 nitrogen and oxygen atoms in total. The van der Waals surface area contributed by atoms with Crippen LogP contribution in [0.25, 0.3) is 0 Å². The van der Waals surface area contributed by atoms with Crippen molar-refractivity contribution in [2.75, 3.05) is 6.61 Å². The lowest BCUT2D eigenvalue weighted by Gasteiger charge is -2.30. The predicted octanol–water partition coefficient (Wildman–Crippen LogP) is 2.90. The maximum absolute atomic E-state index is 11.8. The summed E-state index contributed by atoms with van der Waals surface area (Å²) in [6.45, 7) is 2.15. The van der Waals surface area contributed by atoms with Gasteiger partial charge in [-0.05, 0) is 49.2 Å². The standard InChI is InChI=1S/C16H22BrN3O2S/c1-11-5-2-3-8-14(11)18-16(23)20-19-15(21)10-22-13-7-4-6-12(17)9-13/h4,6-7,9,11,14H,2-3,5,8,10H2,1H3,(H,19,21)(H2,18,20,23)/t11-,14-/m0/s1. The smallest absolute Gasteiger partial charge is 0.276 e. The van der Waals surface area contributed by atoms with Crippen LogP contribution in [0.5, 0.6) is 5.75 Å². The molecule has 23 heavy (non-hydrogen) atoms. The molecule has 1 aliphatic rings. The van der Waals surface area contributed by atoms with Gasteiger partial charge in [-0.15, -0.1) is 0 Å². The second-order valence-electron chi connectivity index (χ2n) is 5.76. The SMILES string of the molecule is C[C@H]1CCCC[C@@H]1NC(=S)NNC(=O)COc1cccc(Br)c1. The maximum atomic E-state index is 11.8. The highest BCUT2D eigenvalue weighted by Crippen LogP contribution is 2.23. The highest BCUT2D eigenvalue weighted by molar-refractivity contribution is 9.10. The fraction of sp³-hybridized carbons (Fsp3) is 0.500. The minimum atomic E-state index is -0.286. The van der Waals surface area contributed by atoms with Gasteiger partial charge in [0.15, 0.2) is 11.7 Å². The fourth-order valence-corrected chi connectivity index (χ4v) is 3.18. The van der Waals surface area contributed by atoms with Gasteiger partial charge in [-0.3, -0.25) is 15.6 Å². The molecule has 1 aliphatic carbocycles. The second-order valence-corrected chi connectivity index (χ2v) is 7.08. The lowest BCUT2D eigenvalue weighted by Crippen LogP contribution is -2.52. The number of rotatable bonds is 4. The Morgan fingerprint density at radius 2 is 2.13 bits per heavy atom. The molecular weight excluding hydrogens is 378 g/mol. The summed E-state index contributed by atoms with van der Waals surface area (Å²) in [5, 5.41) is 3.71. The average molecular weight is 400 g/mol. The number of ether oxygens (including phenoxy) is 1. The van der Waals surface area contributed by atoms with Crippen LogP contribution in [-0.2, 0) is 4.79 Å². The minimum Gasteiger partial charge on any atom is -0.484 e. The molecule has 3 N–H and O–H groups in total. The van der Waals surface area contributed by atoms with Crippen molar-refractivity contribution >= 4 is 39.2 Å². The summed E-state index contributed by atoms with van der Waals surface area (Å²) in [5.41, 5.74) is 5.27. The third-order valence-electron chi connectivity index (χ3n) is 3.91. The van der Waals surface area contributed by atoms with Crippen LogP contribution < -0.4 is 20.9 Å². The van der Waals surface area contributed by atoms with Crippen LogP contribution in [0, 0.1) is 5.92 Å². The van der Waals surface area contributed by atoms with Crippen LogP contribution in [0.4, 0.5) is 0 Å². The van der Waals surface area contributed by atoms with Gasteiger partial charge in [0.05, 0.1) is 0 Å². The number of hydrogen-bond acceptors (Lipinski definition) is 3. The number of carbonyl (C=O) groups excluding carboxylic acids is 1. The summed E-state index contributed by atoms with van der Waals surface area (Å²) in [7, 11) is 0. The molecule has 1 aromatic carbocycles. The van der Waals surface area contributed by atoms with E-state index in [-0.39, 0.29) is 12.5 Å². The second kappa shape index (κ2) is 9.08. The Morgan fingerprint density at radius 1 is 1.35 bits per heavy atom. The van der Waals surface area contributed by atoms with Crippen LogP contribution in [0.15, 0.2) is 28.7 Å². The van der Waals surface area contributed by atoms with Crippen molar-refractivity contribution in [2.24, 2.45) is 5.92 Å². The fourth-order valence-electron chi connectivity index (χ4n) is 2.60. The van der Waals surface area contributed by atoms with E-state index in [0.29, 0.717) is 22.8 Å². The molecule has 0 radical (unpaired) electrons. The van der Waals surface area contributed by atoms with Crippen molar-refractivity contribution in [3.05, 3.63) is 28.7 Å². The quantitative estimate of drug-likeness (QED) is 0.536. The van der Waals surface area contributed by atoms with Crippen LogP contribution >= 0.6 is 28.1 Å². The number of carbonyl (C=O) groups is 1. The first-order valence-corrected chi connectivity index (χ1v) is 8.98.